The van der Waals surface area contributed by atoms with E-state index in [1.54, 1.807) is 0 Å². The summed E-state index contributed by atoms with van der Waals surface area (Å²) in [5.74, 6) is 0. The third kappa shape index (κ3) is 2.54. The molecule has 5 heteroatoms. The lowest BCUT2D eigenvalue weighted by Crippen LogP contribution is -2.10. The lowest BCUT2D eigenvalue weighted by Gasteiger charge is -2.08. The molecule has 1 aliphatic heterocycles. The Bertz CT molecular complexity index is 165. The van der Waals surface area contributed by atoms with Crippen molar-refractivity contribution in [2.24, 2.45) is 20.7 Å². The highest BCUT2D eigenvalue weighted by Gasteiger charge is 2.28. The van der Waals surface area contributed by atoms with Gasteiger partial charge >= 0.3 is 0 Å². The van der Waals surface area contributed by atoms with E-state index in [1.165, 1.54) is 6.42 Å². The fraction of sp³-hybridized carbons (Fsp3) is 1.00. The molecule has 1 aliphatic rings. The lowest BCUT2D eigenvalue weighted by molar-refractivity contribution is 0.524. The smallest absolute Gasteiger partial charge is 0.118 e. The molecule has 62 valence electrons. The van der Waals surface area contributed by atoms with E-state index in [1.807, 2.05) is 0 Å². The first-order valence-corrected chi connectivity index (χ1v) is 4.17. The standard InChI is InChI=1S/C6H11ClN4/c1-2-3-4-5-6(7)8-10-11-9-6/h2-5H2,1H3. The van der Waals surface area contributed by atoms with Gasteiger partial charge in [0.1, 0.15) is 0 Å². The van der Waals surface area contributed by atoms with Crippen LogP contribution in [0.5, 0.6) is 0 Å². The van der Waals surface area contributed by atoms with Crippen molar-refractivity contribution in [3.63, 3.8) is 0 Å². The van der Waals surface area contributed by atoms with Gasteiger partial charge in [-0.05, 0) is 16.9 Å². The predicted molar refractivity (Wildman–Crippen MR) is 42.4 cm³/mol. The van der Waals surface area contributed by atoms with Gasteiger partial charge in [0.15, 0.2) is 0 Å². The summed E-state index contributed by atoms with van der Waals surface area (Å²) in [5, 5.41) is 13.3. The van der Waals surface area contributed by atoms with E-state index in [-0.39, 0.29) is 0 Å². The van der Waals surface area contributed by atoms with Crippen LogP contribution in [0.2, 0.25) is 0 Å². The summed E-state index contributed by atoms with van der Waals surface area (Å²) in [4.78, 5) is 0. The van der Waals surface area contributed by atoms with Crippen molar-refractivity contribution < 1.29 is 0 Å². The lowest BCUT2D eigenvalue weighted by atomic mass is 10.2. The number of alkyl halides is 1. The number of hydrogen-bond donors (Lipinski definition) is 0. The Morgan fingerprint density at radius 3 is 2.36 bits per heavy atom. The summed E-state index contributed by atoms with van der Waals surface area (Å²) in [5.41, 5.74) is 0. The minimum Gasteiger partial charge on any atom is -0.118 e. The maximum atomic E-state index is 5.89. The number of hydrogen-bond acceptors (Lipinski definition) is 4. The van der Waals surface area contributed by atoms with Gasteiger partial charge in [-0.1, -0.05) is 31.4 Å². The third-order valence-electron chi connectivity index (χ3n) is 1.53. The van der Waals surface area contributed by atoms with E-state index in [0.29, 0.717) is 0 Å². The Kier molecular flexibility index (Phi) is 2.93. The van der Waals surface area contributed by atoms with E-state index in [0.717, 1.165) is 19.3 Å². The summed E-state index contributed by atoms with van der Waals surface area (Å²) in [6, 6.07) is 0. The molecule has 1 rings (SSSR count). The van der Waals surface area contributed by atoms with Gasteiger partial charge in [-0.15, -0.1) is 10.2 Å². The number of halogens is 1. The Balaban J connectivity index is 2.25. The van der Waals surface area contributed by atoms with Crippen molar-refractivity contribution in [3.8, 4) is 0 Å². The molecule has 0 saturated carbocycles. The molecule has 0 aliphatic carbocycles. The molecule has 0 fully saturated rings. The van der Waals surface area contributed by atoms with Gasteiger partial charge < -0.3 is 0 Å². The average molecular weight is 175 g/mol. The molecule has 4 nitrogen and oxygen atoms in total. The van der Waals surface area contributed by atoms with Gasteiger partial charge in [0.2, 0.25) is 0 Å². The SMILES string of the molecule is CCCCCC1(Cl)N=NN=N1. The molecule has 0 aromatic carbocycles. The summed E-state index contributed by atoms with van der Waals surface area (Å²) in [6.07, 6.45) is 4.08. The van der Waals surface area contributed by atoms with Crippen LogP contribution in [-0.4, -0.2) is 5.12 Å². The van der Waals surface area contributed by atoms with Crippen LogP contribution in [0.1, 0.15) is 32.6 Å². The zero-order valence-electron chi connectivity index (χ0n) is 6.50. The normalized spacial score (nSPS) is 19.5. The van der Waals surface area contributed by atoms with Crippen molar-refractivity contribution in [1.82, 2.24) is 0 Å². The molecular formula is C6H11ClN4. The zero-order valence-corrected chi connectivity index (χ0v) is 7.25. The molecular weight excluding hydrogens is 164 g/mol. The van der Waals surface area contributed by atoms with Crippen LogP contribution < -0.4 is 0 Å². The minimum atomic E-state index is -0.866. The fourth-order valence-electron chi connectivity index (χ4n) is 0.897. The second kappa shape index (κ2) is 3.76. The topological polar surface area (TPSA) is 49.4 Å². The van der Waals surface area contributed by atoms with Crippen molar-refractivity contribution >= 4 is 11.6 Å². The van der Waals surface area contributed by atoms with Crippen molar-refractivity contribution in [2.45, 2.75) is 37.7 Å². The molecule has 0 aromatic rings. The van der Waals surface area contributed by atoms with E-state index in [2.05, 4.69) is 27.6 Å². The Morgan fingerprint density at radius 2 is 1.82 bits per heavy atom. The van der Waals surface area contributed by atoms with Crippen LogP contribution in [0.3, 0.4) is 0 Å². The molecule has 1 heterocycles. The average Bonchev–Trinajstić information content (AvgIpc) is 2.38. The number of nitrogens with zero attached hydrogens (tertiary/aromatic N) is 4. The Morgan fingerprint density at radius 1 is 1.18 bits per heavy atom. The molecule has 11 heavy (non-hydrogen) atoms. The van der Waals surface area contributed by atoms with E-state index < -0.39 is 5.12 Å². The third-order valence-corrected chi connectivity index (χ3v) is 1.87. The molecule has 0 bridgehead atoms. The second-order valence-corrected chi connectivity index (χ2v) is 3.16. The van der Waals surface area contributed by atoms with E-state index >= 15 is 0 Å². The largest absolute Gasteiger partial charge is 0.267 e. The van der Waals surface area contributed by atoms with Crippen LogP contribution in [-0.2, 0) is 0 Å². The number of rotatable bonds is 4. The first-order valence-electron chi connectivity index (χ1n) is 3.80. The summed E-state index contributed by atoms with van der Waals surface area (Å²) in [6.45, 7) is 2.14. The first kappa shape index (κ1) is 8.59. The zero-order chi connectivity index (χ0) is 8.16. The van der Waals surface area contributed by atoms with Gasteiger partial charge in [0.05, 0.1) is 0 Å². The monoisotopic (exact) mass is 174 g/mol. The molecule has 0 unspecified atom stereocenters. The van der Waals surface area contributed by atoms with Gasteiger partial charge in [-0.2, -0.15) is 0 Å². The molecule has 0 radical (unpaired) electrons. The first-order chi connectivity index (χ1) is 5.27. The van der Waals surface area contributed by atoms with Crippen molar-refractivity contribution in [3.05, 3.63) is 0 Å². The van der Waals surface area contributed by atoms with Crippen LogP contribution >= 0.6 is 11.6 Å². The highest BCUT2D eigenvalue weighted by atomic mass is 35.5. The van der Waals surface area contributed by atoms with Crippen LogP contribution in [0.25, 0.3) is 0 Å². The van der Waals surface area contributed by atoms with Crippen molar-refractivity contribution in [2.75, 3.05) is 0 Å². The van der Waals surface area contributed by atoms with Crippen LogP contribution in [0, 0.1) is 0 Å². The van der Waals surface area contributed by atoms with Gasteiger partial charge in [-0.3, -0.25) is 0 Å². The molecule has 0 atom stereocenters. The summed E-state index contributed by atoms with van der Waals surface area (Å²) >= 11 is 5.89. The fourth-order valence-corrected chi connectivity index (χ4v) is 1.10. The Labute approximate surface area is 70.7 Å². The molecule has 0 saturated heterocycles. The number of unbranched alkanes of at least 4 members (excludes halogenated alkanes) is 2. The maximum absolute atomic E-state index is 5.89. The van der Waals surface area contributed by atoms with E-state index in [9.17, 15) is 0 Å². The predicted octanol–water partition coefficient (Wildman–Crippen LogP) is 3.29. The molecule has 0 aromatic heterocycles. The second-order valence-electron chi connectivity index (χ2n) is 2.55. The Hall–Kier alpha value is -0.510. The highest BCUT2D eigenvalue weighted by Crippen LogP contribution is 2.30. The molecule has 0 amide bonds. The highest BCUT2D eigenvalue weighted by molar-refractivity contribution is 6.23. The van der Waals surface area contributed by atoms with E-state index in [4.69, 9.17) is 11.6 Å². The molecule has 0 N–H and O–H groups in total. The summed E-state index contributed by atoms with van der Waals surface area (Å²) in [7, 11) is 0. The maximum Gasteiger partial charge on any atom is 0.267 e. The molecule has 0 spiro atoms. The van der Waals surface area contributed by atoms with Crippen molar-refractivity contribution in [1.29, 1.82) is 0 Å². The van der Waals surface area contributed by atoms with Crippen LogP contribution in [0.4, 0.5) is 0 Å². The van der Waals surface area contributed by atoms with Crippen LogP contribution in [0.15, 0.2) is 20.7 Å². The van der Waals surface area contributed by atoms with Gasteiger partial charge in [0.25, 0.3) is 5.12 Å². The van der Waals surface area contributed by atoms with Gasteiger partial charge in [0, 0.05) is 6.42 Å². The summed E-state index contributed by atoms with van der Waals surface area (Å²) < 4.78 is 0. The minimum absolute atomic E-state index is 0.732. The van der Waals surface area contributed by atoms with Gasteiger partial charge in [-0.25, -0.2) is 0 Å². The quantitative estimate of drug-likeness (QED) is 0.357.